The number of carbonyl (C=O) groups excluding carboxylic acids is 1. The van der Waals surface area contributed by atoms with Crippen LogP contribution in [0.15, 0.2) is 59.4 Å². The lowest BCUT2D eigenvalue weighted by Gasteiger charge is -2.17. The van der Waals surface area contributed by atoms with E-state index in [2.05, 4.69) is 10.3 Å². The molecular weight excluding hydrogens is 389 g/mol. The number of halogens is 3. The Labute approximate surface area is 164 Å². The van der Waals surface area contributed by atoms with E-state index in [4.69, 9.17) is 4.74 Å². The van der Waals surface area contributed by atoms with Gasteiger partial charge in [0, 0.05) is 5.38 Å². The van der Waals surface area contributed by atoms with Crippen LogP contribution in [-0.4, -0.2) is 10.9 Å². The van der Waals surface area contributed by atoms with Gasteiger partial charge in [-0.05, 0) is 36.8 Å². The minimum atomic E-state index is -4.43. The highest BCUT2D eigenvalue weighted by atomic mass is 32.1. The van der Waals surface area contributed by atoms with Gasteiger partial charge < -0.3 is 10.1 Å². The Hall–Kier alpha value is -2.87. The van der Waals surface area contributed by atoms with E-state index in [1.165, 1.54) is 17.4 Å². The van der Waals surface area contributed by atoms with E-state index in [-0.39, 0.29) is 6.61 Å². The topological polar surface area (TPSA) is 51.2 Å². The van der Waals surface area contributed by atoms with Crippen molar-refractivity contribution in [1.82, 2.24) is 10.3 Å². The molecule has 0 aliphatic heterocycles. The van der Waals surface area contributed by atoms with Crippen molar-refractivity contribution in [2.45, 2.75) is 25.7 Å². The summed E-state index contributed by atoms with van der Waals surface area (Å²) in [6.07, 6.45) is -4.43. The second kappa shape index (κ2) is 8.43. The van der Waals surface area contributed by atoms with E-state index in [9.17, 15) is 18.0 Å². The molecule has 146 valence electrons. The van der Waals surface area contributed by atoms with Crippen molar-refractivity contribution in [2.75, 3.05) is 0 Å². The number of nitrogens with zero attached hydrogens (tertiary/aromatic N) is 1. The van der Waals surface area contributed by atoms with Gasteiger partial charge in [-0.15, -0.1) is 11.3 Å². The van der Waals surface area contributed by atoms with E-state index in [1.807, 2.05) is 5.38 Å². The number of nitrogens with one attached hydrogen (secondary N) is 1. The van der Waals surface area contributed by atoms with Crippen LogP contribution in [0.1, 0.15) is 40.1 Å². The van der Waals surface area contributed by atoms with E-state index in [0.717, 1.165) is 17.8 Å². The average Bonchev–Trinajstić information content (AvgIpc) is 3.19. The molecule has 0 aliphatic rings. The SMILES string of the molecule is CC(NC(=O)c1ccccc1OCc1cscn1)c1cccc(C(F)(F)F)c1. The summed E-state index contributed by atoms with van der Waals surface area (Å²) in [5, 5.41) is 4.57. The molecule has 28 heavy (non-hydrogen) atoms. The van der Waals surface area contributed by atoms with E-state index in [0.29, 0.717) is 16.9 Å². The Morgan fingerprint density at radius 3 is 2.71 bits per heavy atom. The molecule has 3 rings (SSSR count). The lowest BCUT2D eigenvalue weighted by Crippen LogP contribution is -2.27. The number of ether oxygens (including phenoxy) is 1. The first kappa shape index (κ1) is 19.9. The lowest BCUT2D eigenvalue weighted by molar-refractivity contribution is -0.137. The summed E-state index contributed by atoms with van der Waals surface area (Å²) in [5.74, 6) is -0.0527. The van der Waals surface area contributed by atoms with Gasteiger partial charge in [-0.3, -0.25) is 4.79 Å². The van der Waals surface area contributed by atoms with Crippen molar-refractivity contribution >= 4 is 17.2 Å². The van der Waals surface area contributed by atoms with Crippen molar-refractivity contribution in [3.8, 4) is 5.75 Å². The van der Waals surface area contributed by atoms with Crippen LogP contribution in [0.5, 0.6) is 5.75 Å². The zero-order chi connectivity index (χ0) is 20.1. The van der Waals surface area contributed by atoms with E-state index in [1.54, 1.807) is 42.8 Å². The fraction of sp³-hybridized carbons (Fsp3) is 0.200. The number of rotatable bonds is 6. The smallest absolute Gasteiger partial charge is 0.416 e. The Kier molecular flexibility index (Phi) is 5.99. The van der Waals surface area contributed by atoms with Crippen LogP contribution < -0.4 is 10.1 Å². The van der Waals surface area contributed by atoms with Crippen molar-refractivity contribution in [1.29, 1.82) is 0 Å². The number of para-hydroxylation sites is 1. The van der Waals surface area contributed by atoms with Gasteiger partial charge in [0.1, 0.15) is 12.4 Å². The summed E-state index contributed by atoms with van der Waals surface area (Å²) >= 11 is 1.44. The molecule has 0 spiro atoms. The van der Waals surface area contributed by atoms with Gasteiger partial charge in [0.05, 0.1) is 28.4 Å². The molecule has 3 aromatic rings. The van der Waals surface area contributed by atoms with Crippen LogP contribution in [0.25, 0.3) is 0 Å². The van der Waals surface area contributed by atoms with Crippen molar-refractivity contribution in [3.05, 3.63) is 81.8 Å². The minimum Gasteiger partial charge on any atom is -0.486 e. The van der Waals surface area contributed by atoms with Gasteiger partial charge in [0.2, 0.25) is 0 Å². The summed E-state index contributed by atoms with van der Waals surface area (Å²) in [6.45, 7) is 1.85. The maximum atomic E-state index is 12.9. The van der Waals surface area contributed by atoms with Crippen LogP contribution in [0.2, 0.25) is 0 Å². The summed E-state index contributed by atoms with van der Waals surface area (Å²) in [5.41, 5.74) is 2.35. The third-order valence-corrected chi connectivity index (χ3v) is 4.69. The zero-order valence-electron chi connectivity index (χ0n) is 14.9. The van der Waals surface area contributed by atoms with Crippen LogP contribution in [0.4, 0.5) is 13.2 Å². The summed E-state index contributed by atoms with van der Waals surface area (Å²) < 4.78 is 44.4. The Morgan fingerprint density at radius 1 is 1.21 bits per heavy atom. The van der Waals surface area contributed by atoms with E-state index < -0.39 is 23.7 Å². The maximum absolute atomic E-state index is 12.9. The number of hydrogen-bond donors (Lipinski definition) is 1. The predicted molar refractivity (Wildman–Crippen MR) is 100 cm³/mol. The highest BCUT2D eigenvalue weighted by molar-refractivity contribution is 7.07. The van der Waals surface area contributed by atoms with E-state index >= 15 is 0 Å². The number of thiazole rings is 1. The van der Waals surface area contributed by atoms with Gasteiger partial charge >= 0.3 is 6.18 Å². The normalized spacial score (nSPS) is 12.4. The van der Waals surface area contributed by atoms with Gasteiger partial charge in [-0.1, -0.05) is 24.3 Å². The third kappa shape index (κ3) is 4.89. The second-order valence-corrected chi connectivity index (χ2v) is 6.80. The first-order valence-corrected chi connectivity index (χ1v) is 9.36. The highest BCUT2D eigenvalue weighted by Crippen LogP contribution is 2.31. The second-order valence-electron chi connectivity index (χ2n) is 6.08. The molecule has 1 heterocycles. The van der Waals surface area contributed by atoms with Crippen molar-refractivity contribution < 1.29 is 22.7 Å². The van der Waals surface area contributed by atoms with Gasteiger partial charge in [-0.2, -0.15) is 13.2 Å². The first-order chi connectivity index (χ1) is 13.3. The molecular formula is C20H17F3N2O2S. The molecule has 1 aromatic heterocycles. The quantitative estimate of drug-likeness (QED) is 0.610. The monoisotopic (exact) mass is 406 g/mol. The fourth-order valence-corrected chi connectivity index (χ4v) is 3.13. The standard InChI is InChI=1S/C20H17F3N2O2S/c1-13(14-5-4-6-15(9-14)20(21,22)23)25-19(26)17-7-2-3-8-18(17)27-10-16-11-28-12-24-16/h2-9,11-13H,10H2,1H3,(H,25,26). The number of hydrogen-bond acceptors (Lipinski definition) is 4. The van der Waals surface area contributed by atoms with Crippen LogP contribution in [0, 0.1) is 0 Å². The average molecular weight is 406 g/mol. The summed E-state index contributed by atoms with van der Waals surface area (Å²) in [6, 6.07) is 11.0. The zero-order valence-corrected chi connectivity index (χ0v) is 15.7. The number of alkyl halides is 3. The Bertz CT molecular complexity index is 943. The van der Waals surface area contributed by atoms with Crippen molar-refractivity contribution in [2.24, 2.45) is 0 Å². The third-order valence-electron chi connectivity index (χ3n) is 4.05. The maximum Gasteiger partial charge on any atom is 0.416 e. The summed E-state index contributed by atoms with van der Waals surface area (Å²) in [7, 11) is 0. The Morgan fingerprint density at radius 2 is 2.00 bits per heavy atom. The molecule has 1 N–H and O–H groups in total. The molecule has 1 unspecified atom stereocenters. The van der Waals surface area contributed by atoms with Crippen LogP contribution in [0.3, 0.4) is 0 Å². The molecule has 0 fully saturated rings. The fourth-order valence-electron chi connectivity index (χ4n) is 2.58. The molecule has 8 heteroatoms. The predicted octanol–water partition coefficient (Wildman–Crippen LogP) is 5.23. The summed E-state index contributed by atoms with van der Waals surface area (Å²) in [4.78, 5) is 16.8. The molecule has 0 bridgehead atoms. The highest BCUT2D eigenvalue weighted by Gasteiger charge is 2.30. The largest absolute Gasteiger partial charge is 0.486 e. The number of carbonyl (C=O) groups is 1. The molecule has 4 nitrogen and oxygen atoms in total. The Balaban J connectivity index is 1.72. The molecule has 0 saturated heterocycles. The van der Waals surface area contributed by atoms with Gasteiger partial charge in [0.25, 0.3) is 5.91 Å². The molecule has 2 aromatic carbocycles. The number of benzene rings is 2. The number of aromatic nitrogens is 1. The van der Waals surface area contributed by atoms with Crippen LogP contribution in [-0.2, 0) is 12.8 Å². The molecule has 1 amide bonds. The minimum absolute atomic E-state index is 0.219. The molecule has 0 aliphatic carbocycles. The van der Waals surface area contributed by atoms with Crippen LogP contribution >= 0.6 is 11.3 Å². The van der Waals surface area contributed by atoms with Gasteiger partial charge in [-0.25, -0.2) is 4.98 Å². The van der Waals surface area contributed by atoms with Crippen molar-refractivity contribution in [3.63, 3.8) is 0 Å². The molecule has 1 atom stereocenters. The van der Waals surface area contributed by atoms with Gasteiger partial charge in [0.15, 0.2) is 0 Å². The molecule has 0 radical (unpaired) electrons. The first-order valence-electron chi connectivity index (χ1n) is 8.41. The number of amides is 1. The molecule has 0 saturated carbocycles. The lowest BCUT2D eigenvalue weighted by atomic mass is 10.0.